The number of amides is 2. The Hall–Kier alpha value is -1.88. The Morgan fingerprint density at radius 1 is 1.24 bits per heavy atom. The lowest BCUT2D eigenvalue weighted by atomic mass is 10.1. The van der Waals surface area contributed by atoms with Gasteiger partial charge in [0, 0.05) is 33.7 Å². The number of nitrogens with one attached hydrogen (secondary N) is 1. The largest absolute Gasteiger partial charge is 0.385 e. The molecule has 1 aromatic carbocycles. The summed E-state index contributed by atoms with van der Waals surface area (Å²) in [6.07, 6.45) is 1.88. The average molecular weight is 292 g/mol. The van der Waals surface area contributed by atoms with E-state index in [-0.39, 0.29) is 18.4 Å². The third-order valence-corrected chi connectivity index (χ3v) is 3.12. The Balaban J connectivity index is 2.22. The van der Waals surface area contributed by atoms with Gasteiger partial charge in [0.2, 0.25) is 11.8 Å². The number of carbonyl (C=O) groups excluding carboxylic acids is 2. The van der Waals surface area contributed by atoms with Gasteiger partial charge >= 0.3 is 0 Å². The minimum atomic E-state index is -0.137. The normalized spacial score (nSPS) is 10.2. The predicted octanol–water partition coefficient (Wildman–Crippen LogP) is 1.23. The SMILES string of the molecule is COCCCNC(=O)CN(C)C(=O)CCc1ccccc1. The zero-order valence-electron chi connectivity index (χ0n) is 12.8. The quantitative estimate of drug-likeness (QED) is 0.696. The van der Waals surface area contributed by atoms with Crippen LogP contribution in [-0.2, 0) is 20.7 Å². The second-order valence-corrected chi connectivity index (χ2v) is 4.93. The lowest BCUT2D eigenvalue weighted by Crippen LogP contribution is -2.38. The first-order valence-electron chi connectivity index (χ1n) is 7.17. The van der Waals surface area contributed by atoms with Crippen LogP contribution >= 0.6 is 0 Å². The maximum atomic E-state index is 12.0. The van der Waals surface area contributed by atoms with E-state index >= 15 is 0 Å². The summed E-state index contributed by atoms with van der Waals surface area (Å²) in [5, 5.41) is 2.76. The number of hydrogen-bond acceptors (Lipinski definition) is 3. The second kappa shape index (κ2) is 9.94. The fraction of sp³-hybridized carbons (Fsp3) is 0.500. The van der Waals surface area contributed by atoms with Gasteiger partial charge in [-0.25, -0.2) is 0 Å². The van der Waals surface area contributed by atoms with Crippen molar-refractivity contribution in [2.45, 2.75) is 19.3 Å². The molecule has 2 amide bonds. The van der Waals surface area contributed by atoms with Gasteiger partial charge in [-0.15, -0.1) is 0 Å². The van der Waals surface area contributed by atoms with E-state index in [0.717, 1.165) is 12.0 Å². The van der Waals surface area contributed by atoms with Crippen LogP contribution in [0.4, 0.5) is 0 Å². The molecule has 0 unspecified atom stereocenters. The van der Waals surface area contributed by atoms with Gasteiger partial charge in [0.25, 0.3) is 0 Å². The van der Waals surface area contributed by atoms with Crippen LogP contribution in [0.3, 0.4) is 0 Å². The van der Waals surface area contributed by atoms with E-state index in [2.05, 4.69) is 5.32 Å². The highest BCUT2D eigenvalue weighted by molar-refractivity contribution is 5.84. The van der Waals surface area contributed by atoms with Crippen molar-refractivity contribution in [3.8, 4) is 0 Å². The molecule has 0 aliphatic heterocycles. The van der Waals surface area contributed by atoms with E-state index in [4.69, 9.17) is 4.74 Å². The smallest absolute Gasteiger partial charge is 0.239 e. The molecule has 0 aliphatic carbocycles. The summed E-state index contributed by atoms with van der Waals surface area (Å²) in [5.74, 6) is -0.160. The number of benzene rings is 1. The molecule has 0 atom stereocenters. The Kier molecular flexibility index (Phi) is 8.12. The second-order valence-electron chi connectivity index (χ2n) is 4.93. The van der Waals surface area contributed by atoms with Crippen molar-refractivity contribution in [1.29, 1.82) is 0 Å². The maximum absolute atomic E-state index is 12.0. The van der Waals surface area contributed by atoms with Gasteiger partial charge in [-0.05, 0) is 18.4 Å². The molecule has 1 rings (SSSR count). The molecule has 0 saturated carbocycles. The lowest BCUT2D eigenvalue weighted by molar-refractivity contribution is -0.134. The number of carbonyl (C=O) groups is 2. The first kappa shape index (κ1) is 17.2. The number of hydrogen-bond donors (Lipinski definition) is 1. The van der Waals surface area contributed by atoms with Gasteiger partial charge in [-0.2, -0.15) is 0 Å². The highest BCUT2D eigenvalue weighted by atomic mass is 16.5. The summed E-state index contributed by atoms with van der Waals surface area (Å²) in [4.78, 5) is 25.1. The van der Waals surface area contributed by atoms with E-state index in [0.29, 0.717) is 26.0 Å². The van der Waals surface area contributed by atoms with Crippen molar-refractivity contribution in [2.24, 2.45) is 0 Å². The minimum absolute atomic E-state index is 0.0223. The van der Waals surface area contributed by atoms with Gasteiger partial charge in [-0.1, -0.05) is 30.3 Å². The Morgan fingerprint density at radius 3 is 2.62 bits per heavy atom. The number of aryl methyl sites for hydroxylation is 1. The monoisotopic (exact) mass is 292 g/mol. The van der Waals surface area contributed by atoms with Crippen molar-refractivity contribution in [3.05, 3.63) is 35.9 Å². The van der Waals surface area contributed by atoms with Crippen molar-refractivity contribution in [2.75, 3.05) is 33.9 Å². The Morgan fingerprint density at radius 2 is 1.95 bits per heavy atom. The van der Waals surface area contributed by atoms with E-state index < -0.39 is 0 Å². The molecule has 0 aliphatic rings. The summed E-state index contributed by atoms with van der Waals surface area (Å²) in [7, 11) is 3.28. The van der Waals surface area contributed by atoms with Crippen LogP contribution in [0.25, 0.3) is 0 Å². The highest BCUT2D eigenvalue weighted by Gasteiger charge is 2.12. The molecule has 0 spiro atoms. The molecule has 0 fully saturated rings. The van der Waals surface area contributed by atoms with Crippen LogP contribution in [-0.4, -0.2) is 50.6 Å². The highest BCUT2D eigenvalue weighted by Crippen LogP contribution is 2.03. The van der Waals surface area contributed by atoms with Gasteiger partial charge in [0.15, 0.2) is 0 Å². The van der Waals surface area contributed by atoms with E-state index in [1.165, 1.54) is 4.90 Å². The topological polar surface area (TPSA) is 58.6 Å². The molecular formula is C16H24N2O3. The van der Waals surface area contributed by atoms with Gasteiger partial charge in [-0.3, -0.25) is 9.59 Å². The maximum Gasteiger partial charge on any atom is 0.239 e. The summed E-state index contributed by atoms with van der Waals surface area (Å²) < 4.78 is 4.90. The van der Waals surface area contributed by atoms with Crippen LogP contribution in [0.1, 0.15) is 18.4 Å². The molecule has 0 heterocycles. The molecule has 0 aromatic heterocycles. The van der Waals surface area contributed by atoms with E-state index in [1.54, 1.807) is 14.2 Å². The molecule has 1 aromatic rings. The number of rotatable bonds is 9. The zero-order valence-corrected chi connectivity index (χ0v) is 12.8. The van der Waals surface area contributed by atoms with E-state index in [1.807, 2.05) is 30.3 Å². The summed E-state index contributed by atoms with van der Waals surface area (Å²) in [6, 6.07) is 9.85. The molecule has 116 valence electrons. The van der Waals surface area contributed by atoms with Gasteiger partial charge in [0.05, 0.1) is 6.54 Å². The third kappa shape index (κ3) is 7.46. The van der Waals surface area contributed by atoms with Crippen molar-refractivity contribution in [3.63, 3.8) is 0 Å². The van der Waals surface area contributed by atoms with Gasteiger partial charge in [0.1, 0.15) is 0 Å². The molecule has 5 heteroatoms. The van der Waals surface area contributed by atoms with Crippen molar-refractivity contribution >= 4 is 11.8 Å². The number of likely N-dealkylation sites (N-methyl/N-ethyl adjacent to an activating group) is 1. The number of ether oxygens (including phenoxy) is 1. The third-order valence-electron chi connectivity index (χ3n) is 3.12. The van der Waals surface area contributed by atoms with Gasteiger partial charge < -0.3 is 15.0 Å². The van der Waals surface area contributed by atoms with Crippen LogP contribution in [0.2, 0.25) is 0 Å². The first-order chi connectivity index (χ1) is 10.1. The summed E-state index contributed by atoms with van der Waals surface area (Å²) in [6.45, 7) is 1.28. The van der Waals surface area contributed by atoms with Crippen LogP contribution in [0.15, 0.2) is 30.3 Å². The van der Waals surface area contributed by atoms with Crippen molar-refractivity contribution in [1.82, 2.24) is 10.2 Å². The Labute approximate surface area is 126 Å². The van der Waals surface area contributed by atoms with Crippen LogP contribution in [0.5, 0.6) is 0 Å². The molecule has 0 radical (unpaired) electrons. The first-order valence-corrected chi connectivity index (χ1v) is 7.17. The standard InChI is InChI=1S/C16H24N2O3/c1-18(13-15(19)17-11-6-12-21-2)16(20)10-9-14-7-4-3-5-8-14/h3-5,7-8H,6,9-13H2,1-2H3,(H,17,19). The van der Waals surface area contributed by atoms with E-state index in [9.17, 15) is 9.59 Å². The fourth-order valence-corrected chi connectivity index (χ4v) is 1.89. The molecule has 1 N–H and O–H groups in total. The summed E-state index contributed by atoms with van der Waals surface area (Å²) in [5.41, 5.74) is 1.13. The molecular weight excluding hydrogens is 268 g/mol. The molecule has 0 bridgehead atoms. The molecule has 5 nitrogen and oxygen atoms in total. The lowest BCUT2D eigenvalue weighted by Gasteiger charge is -2.16. The fourth-order valence-electron chi connectivity index (χ4n) is 1.89. The average Bonchev–Trinajstić information content (AvgIpc) is 2.50. The number of methoxy groups -OCH3 is 1. The zero-order chi connectivity index (χ0) is 15.5. The Bertz CT molecular complexity index is 434. The predicted molar refractivity (Wildman–Crippen MR) is 81.9 cm³/mol. The van der Waals surface area contributed by atoms with Crippen LogP contribution in [0, 0.1) is 0 Å². The summed E-state index contributed by atoms with van der Waals surface area (Å²) >= 11 is 0. The molecule has 21 heavy (non-hydrogen) atoms. The minimum Gasteiger partial charge on any atom is -0.385 e. The van der Waals surface area contributed by atoms with Crippen molar-refractivity contribution < 1.29 is 14.3 Å². The molecule has 0 saturated heterocycles. The van der Waals surface area contributed by atoms with Crippen LogP contribution < -0.4 is 5.32 Å². The number of nitrogens with zero attached hydrogens (tertiary/aromatic N) is 1.